The van der Waals surface area contributed by atoms with E-state index in [1.807, 2.05) is 11.9 Å². The molecule has 1 heterocycles. The maximum atomic E-state index is 12.0. The molecule has 0 N–H and O–H groups in total. The van der Waals surface area contributed by atoms with E-state index in [-0.39, 0.29) is 11.0 Å². The summed E-state index contributed by atoms with van der Waals surface area (Å²) in [7, 11) is 3.57. The number of hydrogen-bond donors (Lipinski definition) is 1. The average molecular weight is 285 g/mol. The summed E-state index contributed by atoms with van der Waals surface area (Å²) in [6.45, 7) is 6.03. The van der Waals surface area contributed by atoms with Crippen molar-refractivity contribution >= 4 is 18.3 Å². The van der Waals surface area contributed by atoms with Gasteiger partial charge in [-0.1, -0.05) is 13.8 Å². The monoisotopic (exact) mass is 285 g/mol. The standard InChI is InChI=1S/C13H23N3O2S/c1-13(2,10-19)9-16-12(17)7-11(8-14-16)15(3)5-6-18-4/h7-8,19H,5-6,9-10H2,1-4H3. The molecular weight excluding hydrogens is 262 g/mol. The maximum Gasteiger partial charge on any atom is 0.268 e. The minimum atomic E-state index is -0.0865. The number of anilines is 1. The summed E-state index contributed by atoms with van der Waals surface area (Å²) >= 11 is 4.29. The molecule has 0 aromatic carbocycles. The molecule has 5 nitrogen and oxygen atoms in total. The smallest absolute Gasteiger partial charge is 0.268 e. The lowest BCUT2D eigenvalue weighted by molar-refractivity contribution is 0.206. The van der Waals surface area contributed by atoms with Gasteiger partial charge in [-0.05, 0) is 11.2 Å². The van der Waals surface area contributed by atoms with Gasteiger partial charge in [-0.25, -0.2) is 4.68 Å². The van der Waals surface area contributed by atoms with Crippen molar-refractivity contribution in [3.05, 3.63) is 22.6 Å². The Labute approximate surface area is 120 Å². The number of hydrogen-bond acceptors (Lipinski definition) is 5. The average Bonchev–Trinajstić information content (AvgIpc) is 2.38. The molecule has 1 aromatic heterocycles. The van der Waals surface area contributed by atoms with E-state index in [0.29, 0.717) is 18.9 Å². The summed E-state index contributed by atoms with van der Waals surface area (Å²) in [6, 6.07) is 1.61. The van der Waals surface area contributed by atoms with E-state index in [1.165, 1.54) is 4.68 Å². The van der Waals surface area contributed by atoms with E-state index in [2.05, 4.69) is 31.6 Å². The molecule has 1 rings (SSSR count). The Morgan fingerprint density at radius 3 is 2.74 bits per heavy atom. The molecule has 0 unspecified atom stereocenters. The molecule has 0 spiro atoms. The van der Waals surface area contributed by atoms with Crippen molar-refractivity contribution in [1.82, 2.24) is 9.78 Å². The Bertz CT molecular complexity index is 459. The number of nitrogens with zero attached hydrogens (tertiary/aromatic N) is 3. The highest BCUT2D eigenvalue weighted by Crippen LogP contribution is 2.18. The number of likely N-dealkylation sites (N-methyl/N-ethyl adjacent to an activating group) is 1. The van der Waals surface area contributed by atoms with Crippen LogP contribution in [0.3, 0.4) is 0 Å². The Morgan fingerprint density at radius 2 is 2.21 bits per heavy atom. The van der Waals surface area contributed by atoms with Crippen LogP contribution in [0.25, 0.3) is 0 Å². The summed E-state index contributed by atoms with van der Waals surface area (Å²) in [5, 5.41) is 4.23. The van der Waals surface area contributed by atoms with Crippen molar-refractivity contribution in [3.63, 3.8) is 0 Å². The second kappa shape index (κ2) is 6.96. The van der Waals surface area contributed by atoms with Gasteiger partial charge in [0.15, 0.2) is 0 Å². The third-order valence-corrected chi connectivity index (χ3v) is 3.79. The van der Waals surface area contributed by atoms with Crippen LogP contribution in [0.1, 0.15) is 13.8 Å². The largest absolute Gasteiger partial charge is 0.383 e. The minimum absolute atomic E-state index is 0.0522. The van der Waals surface area contributed by atoms with E-state index in [4.69, 9.17) is 4.74 Å². The predicted octanol–water partition coefficient (Wildman–Crippen LogP) is 1.28. The van der Waals surface area contributed by atoms with Gasteiger partial charge in [-0.3, -0.25) is 4.79 Å². The van der Waals surface area contributed by atoms with E-state index in [9.17, 15) is 4.79 Å². The van der Waals surface area contributed by atoms with Crippen LogP contribution < -0.4 is 10.5 Å². The molecule has 0 aliphatic heterocycles. The summed E-state index contributed by atoms with van der Waals surface area (Å²) in [5.74, 6) is 0.705. The van der Waals surface area contributed by atoms with Crippen molar-refractivity contribution in [3.8, 4) is 0 Å². The fourth-order valence-electron chi connectivity index (χ4n) is 1.56. The quantitative estimate of drug-likeness (QED) is 0.767. The Hall–Kier alpha value is -1.01. The Balaban J connectivity index is 2.83. The van der Waals surface area contributed by atoms with E-state index >= 15 is 0 Å². The molecule has 0 bridgehead atoms. The van der Waals surface area contributed by atoms with Gasteiger partial charge in [0.25, 0.3) is 5.56 Å². The van der Waals surface area contributed by atoms with Gasteiger partial charge in [0.05, 0.1) is 25.0 Å². The van der Waals surface area contributed by atoms with Crippen LogP contribution in [-0.2, 0) is 11.3 Å². The third-order valence-electron chi connectivity index (χ3n) is 2.93. The van der Waals surface area contributed by atoms with Gasteiger partial charge in [0, 0.05) is 26.8 Å². The van der Waals surface area contributed by atoms with Crippen LogP contribution >= 0.6 is 12.6 Å². The van der Waals surface area contributed by atoms with Gasteiger partial charge in [0.2, 0.25) is 0 Å². The normalized spacial score (nSPS) is 11.6. The molecule has 0 aliphatic rings. The fourth-order valence-corrected chi connectivity index (χ4v) is 1.66. The summed E-state index contributed by atoms with van der Waals surface area (Å²) in [5.41, 5.74) is 0.669. The van der Waals surface area contributed by atoms with Crippen LogP contribution in [-0.4, -0.2) is 42.8 Å². The van der Waals surface area contributed by atoms with E-state index < -0.39 is 0 Å². The van der Waals surface area contributed by atoms with Crippen molar-refractivity contribution < 1.29 is 4.74 Å². The number of methoxy groups -OCH3 is 1. The van der Waals surface area contributed by atoms with Gasteiger partial charge >= 0.3 is 0 Å². The molecule has 0 fully saturated rings. The van der Waals surface area contributed by atoms with E-state index in [1.54, 1.807) is 19.4 Å². The Morgan fingerprint density at radius 1 is 1.53 bits per heavy atom. The fraction of sp³-hybridized carbons (Fsp3) is 0.692. The molecule has 0 aliphatic carbocycles. The van der Waals surface area contributed by atoms with Crippen LogP contribution in [0.4, 0.5) is 5.69 Å². The number of thiol groups is 1. The molecular formula is C13H23N3O2S. The van der Waals surface area contributed by atoms with Crippen molar-refractivity contribution in [2.45, 2.75) is 20.4 Å². The lowest BCUT2D eigenvalue weighted by Gasteiger charge is -2.23. The van der Waals surface area contributed by atoms with Crippen molar-refractivity contribution in [1.29, 1.82) is 0 Å². The van der Waals surface area contributed by atoms with Gasteiger partial charge < -0.3 is 9.64 Å². The first kappa shape index (κ1) is 16.0. The van der Waals surface area contributed by atoms with Crippen LogP contribution in [0.2, 0.25) is 0 Å². The molecule has 0 atom stereocenters. The van der Waals surface area contributed by atoms with E-state index in [0.717, 1.165) is 12.2 Å². The minimum Gasteiger partial charge on any atom is -0.383 e. The molecule has 0 saturated heterocycles. The SMILES string of the molecule is COCCN(C)c1cnn(CC(C)(C)CS)c(=O)c1. The van der Waals surface area contributed by atoms with Crippen LogP contribution in [0.15, 0.2) is 17.1 Å². The number of rotatable bonds is 7. The summed E-state index contributed by atoms with van der Waals surface area (Å²) in [4.78, 5) is 14.0. The Kier molecular flexibility index (Phi) is 5.87. The van der Waals surface area contributed by atoms with Crippen LogP contribution in [0.5, 0.6) is 0 Å². The second-order valence-corrected chi connectivity index (χ2v) is 5.76. The maximum absolute atomic E-state index is 12.0. The van der Waals surface area contributed by atoms with Crippen molar-refractivity contribution in [2.75, 3.05) is 38.0 Å². The summed E-state index contributed by atoms with van der Waals surface area (Å²) < 4.78 is 6.50. The van der Waals surface area contributed by atoms with Gasteiger partial charge in [-0.15, -0.1) is 0 Å². The molecule has 0 radical (unpaired) electrons. The zero-order chi connectivity index (χ0) is 14.5. The summed E-state index contributed by atoms with van der Waals surface area (Å²) in [6.07, 6.45) is 1.71. The third kappa shape index (κ3) is 4.87. The molecule has 0 amide bonds. The molecule has 108 valence electrons. The zero-order valence-corrected chi connectivity index (χ0v) is 13.0. The molecule has 6 heteroatoms. The lowest BCUT2D eigenvalue weighted by atomic mass is 9.97. The lowest BCUT2D eigenvalue weighted by Crippen LogP contribution is -2.32. The zero-order valence-electron chi connectivity index (χ0n) is 12.1. The van der Waals surface area contributed by atoms with Gasteiger partial charge in [-0.2, -0.15) is 17.7 Å². The van der Waals surface area contributed by atoms with Crippen LogP contribution in [0, 0.1) is 5.41 Å². The molecule has 0 saturated carbocycles. The van der Waals surface area contributed by atoms with Crippen molar-refractivity contribution in [2.24, 2.45) is 5.41 Å². The number of ether oxygens (including phenoxy) is 1. The first-order valence-electron chi connectivity index (χ1n) is 6.28. The second-order valence-electron chi connectivity index (χ2n) is 5.45. The molecule has 1 aromatic rings. The highest BCUT2D eigenvalue weighted by molar-refractivity contribution is 7.80. The topological polar surface area (TPSA) is 47.4 Å². The highest BCUT2D eigenvalue weighted by atomic mass is 32.1. The highest BCUT2D eigenvalue weighted by Gasteiger charge is 2.18. The molecule has 19 heavy (non-hydrogen) atoms. The van der Waals surface area contributed by atoms with Gasteiger partial charge in [0.1, 0.15) is 0 Å². The predicted molar refractivity (Wildman–Crippen MR) is 81.3 cm³/mol. The number of aromatic nitrogens is 2. The first-order valence-corrected chi connectivity index (χ1v) is 6.91. The first-order chi connectivity index (χ1) is 8.89.